The van der Waals surface area contributed by atoms with E-state index in [9.17, 15) is 30.4 Å². The monoisotopic (exact) mass is 433 g/mol. The Morgan fingerprint density at radius 1 is 0.897 bits per heavy atom. The van der Waals surface area contributed by atoms with E-state index in [0.717, 1.165) is 23.3 Å². The third kappa shape index (κ3) is 4.95. The smallest absolute Gasteiger partial charge is 0.212 e. The van der Waals surface area contributed by atoms with E-state index in [1.54, 1.807) is 4.72 Å². The molecule has 0 aromatic heterocycles. The highest BCUT2D eigenvalue weighted by Crippen LogP contribution is 2.44. The first-order chi connectivity index (χ1) is 13.5. The molecule has 2 aromatic rings. The van der Waals surface area contributed by atoms with Crippen LogP contribution in [0.25, 0.3) is 0 Å². The highest BCUT2D eigenvalue weighted by molar-refractivity contribution is 7.89. The zero-order valence-electron chi connectivity index (χ0n) is 15.3. The molecule has 1 aliphatic carbocycles. The van der Waals surface area contributed by atoms with E-state index >= 15 is 0 Å². The summed E-state index contributed by atoms with van der Waals surface area (Å²) in [6, 6.07) is 11.0. The minimum absolute atomic E-state index is 0.00211. The second-order valence-electron chi connectivity index (χ2n) is 7.23. The Morgan fingerprint density at radius 2 is 1.41 bits per heavy atom. The molecular weight excluding hydrogens is 413 g/mol. The normalized spacial score (nSPS) is 16.6. The van der Waals surface area contributed by atoms with Crippen LogP contribution in [0.15, 0.2) is 54.6 Å². The van der Waals surface area contributed by atoms with Gasteiger partial charge in [-0.3, -0.25) is 0 Å². The number of fused-ring (bicyclic) bond motifs is 1. The Kier molecular flexibility index (Phi) is 6.01. The van der Waals surface area contributed by atoms with Gasteiger partial charge in [0, 0.05) is 0 Å². The largest absolute Gasteiger partial charge is 0.455 e. The van der Waals surface area contributed by atoms with Crippen molar-refractivity contribution in [2.24, 2.45) is 5.92 Å². The lowest BCUT2D eigenvalue weighted by Crippen LogP contribution is -2.49. The molecule has 0 radical (unpaired) electrons. The average Bonchev–Trinajstić information content (AvgIpc) is 3.07. The number of sulfonamides is 1. The second kappa shape index (κ2) is 8.02. The van der Waals surface area contributed by atoms with Crippen molar-refractivity contribution in [3.05, 3.63) is 71.3 Å². The van der Waals surface area contributed by atoms with Crippen molar-refractivity contribution in [1.82, 2.24) is 4.72 Å². The van der Waals surface area contributed by atoms with Crippen molar-refractivity contribution in [3.8, 4) is 0 Å². The summed E-state index contributed by atoms with van der Waals surface area (Å²) in [5.74, 6) is -5.78. The molecule has 0 bridgehead atoms. The predicted octanol–water partition coefficient (Wildman–Crippen LogP) is 4.65. The molecule has 0 fully saturated rings. The van der Waals surface area contributed by atoms with Gasteiger partial charge < -0.3 is 0 Å². The summed E-state index contributed by atoms with van der Waals surface area (Å²) in [7, 11) is -4.38. The van der Waals surface area contributed by atoms with Crippen LogP contribution in [0.3, 0.4) is 0 Å². The quantitative estimate of drug-likeness (QED) is 0.647. The minimum atomic E-state index is -5.90. The molecule has 158 valence electrons. The van der Waals surface area contributed by atoms with Crippen LogP contribution >= 0.6 is 0 Å². The van der Waals surface area contributed by atoms with Crippen LogP contribution in [0.5, 0.6) is 0 Å². The average molecular weight is 433 g/mol. The molecule has 1 atom stereocenters. The molecule has 0 saturated carbocycles. The number of rotatable bonds is 7. The summed E-state index contributed by atoms with van der Waals surface area (Å²) in [5, 5.41) is 0. The van der Waals surface area contributed by atoms with Gasteiger partial charge in [0.05, 0.1) is 5.75 Å². The first kappa shape index (κ1) is 21.7. The first-order valence-electron chi connectivity index (χ1n) is 9.06. The van der Waals surface area contributed by atoms with Gasteiger partial charge in [-0.2, -0.15) is 22.0 Å². The van der Waals surface area contributed by atoms with E-state index < -0.39 is 39.5 Å². The van der Waals surface area contributed by atoms with Gasteiger partial charge in [-0.15, -0.1) is 0 Å². The van der Waals surface area contributed by atoms with Gasteiger partial charge in [-0.05, 0) is 41.9 Å². The molecule has 1 aliphatic rings. The fraction of sp³-hybridized carbons (Fsp3) is 0.400. The first-order valence-corrected chi connectivity index (χ1v) is 10.7. The maximum absolute atomic E-state index is 14.1. The molecule has 3 rings (SSSR count). The summed E-state index contributed by atoms with van der Waals surface area (Å²) >= 11 is 0. The Morgan fingerprint density at radius 3 is 1.93 bits per heavy atom. The van der Waals surface area contributed by atoms with Crippen molar-refractivity contribution < 1.29 is 30.4 Å². The summed E-state index contributed by atoms with van der Waals surface area (Å²) in [5.41, 5.74) is 1.76. The molecule has 1 N–H and O–H groups in total. The zero-order valence-corrected chi connectivity index (χ0v) is 16.1. The lowest BCUT2D eigenvalue weighted by atomic mass is 10.0. The van der Waals surface area contributed by atoms with E-state index in [0.29, 0.717) is 12.8 Å². The fourth-order valence-electron chi connectivity index (χ4n) is 3.57. The van der Waals surface area contributed by atoms with Crippen LogP contribution in [0.4, 0.5) is 22.0 Å². The topological polar surface area (TPSA) is 46.2 Å². The molecule has 9 heteroatoms. The van der Waals surface area contributed by atoms with Crippen molar-refractivity contribution in [2.75, 3.05) is 5.75 Å². The van der Waals surface area contributed by atoms with Crippen LogP contribution in [0, 0.1) is 5.92 Å². The van der Waals surface area contributed by atoms with Crippen molar-refractivity contribution in [2.45, 2.75) is 37.4 Å². The lowest BCUT2D eigenvalue weighted by Gasteiger charge is -2.29. The maximum atomic E-state index is 14.1. The second-order valence-corrected chi connectivity index (χ2v) is 9.11. The van der Waals surface area contributed by atoms with E-state index in [1.807, 2.05) is 24.3 Å². The molecule has 0 saturated heterocycles. The number of hydrogen-bond acceptors (Lipinski definition) is 2. The molecule has 0 aliphatic heterocycles. The highest BCUT2D eigenvalue weighted by Gasteiger charge is 2.63. The third-order valence-corrected chi connectivity index (χ3v) is 6.47. The maximum Gasteiger partial charge on any atom is 0.455 e. The molecule has 0 amide bonds. The summed E-state index contributed by atoms with van der Waals surface area (Å²) in [6.45, 7) is 0. The predicted molar refractivity (Wildman–Crippen MR) is 99.1 cm³/mol. The van der Waals surface area contributed by atoms with Gasteiger partial charge in [0.15, 0.2) is 0 Å². The number of halogens is 5. The Bertz CT molecular complexity index is 920. The van der Waals surface area contributed by atoms with Gasteiger partial charge in [-0.25, -0.2) is 13.1 Å². The molecule has 29 heavy (non-hydrogen) atoms. The lowest BCUT2D eigenvalue weighted by molar-refractivity contribution is -0.292. The SMILES string of the molecule is O=S(=O)(CCC1Cc2ccccc2C1)NC(c1ccccc1)C(F)(F)C(F)(F)F. The minimum Gasteiger partial charge on any atom is -0.212 e. The summed E-state index contributed by atoms with van der Waals surface area (Å²) in [6.07, 6.45) is -4.41. The fourth-order valence-corrected chi connectivity index (χ4v) is 4.98. The van der Waals surface area contributed by atoms with Crippen LogP contribution in [-0.2, 0) is 22.9 Å². The summed E-state index contributed by atoms with van der Waals surface area (Å²) < 4.78 is 93.4. The Balaban J connectivity index is 1.73. The Hall–Kier alpha value is -2.00. The third-order valence-electron chi connectivity index (χ3n) is 5.10. The van der Waals surface area contributed by atoms with Crippen LogP contribution in [0.2, 0.25) is 0 Å². The molecule has 1 unspecified atom stereocenters. The molecular formula is C20H20F5NO2S. The number of benzene rings is 2. The van der Waals surface area contributed by atoms with E-state index in [1.165, 1.54) is 18.2 Å². The van der Waals surface area contributed by atoms with Gasteiger partial charge in [-0.1, -0.05) is 54.6 Å². The van der Waals surface area contributed by atoms with E-state index in [4.69, 9.17) is 0 Å². The number of hydrogen-bond donors (Lipinski definition) is 1. The Labute approximate surface area is 166 Å². The zero-order chi connectivity index (χ0) is 21.3. The van der Waals surface area contributed by atoms with Gasteiger partial charge >= 0.3 is 12.1 Å². The van der Waals surface area contributed by atoms with Gasteiger partial charge in [0.25, 0.3) is 0 Å². The van der Waals surface area contributed by atoms with E-state index in [-0.39, 0.29) is 12.3 Å². The van der Waals surface area contributed by atoms with Gasteiger partial charge in [0.1, 0.15) is 6.04 Å². The molecule has 3 nitrogen and oxygen atoms in total. The number of alkyl halides is 5. The summed E-state index contributed by atoms with van der Waals surface area (Å²) in [4.78, 5) is 0. The van der Waals surface area contributed by atoms with Crippen LogP contribution < -0.4 is 4.72 Å². The van der Waals surface area contributed by atoms with Gasteiger partial charge in [0.2, 0.25) is 10.0 Å². The van der Waals surface area contributed by atoms with Crippen LogP contribution in [-0.4, -0.2) is 26.3 Å². The van der Waals surface area contributed by atoms with E-state index in [2.05, 4.69) is 0 Å². The van der Waals surface area contributed by atoms with Crippen molar-refractivity contribution in [1.29, 1.82) is 0 Å². The van der Waals surface area contributed by atoms with Crippen LogP contribution in [0.1, 0.15) is 29.2 Å². The molecule has 0 heterocycles. The molecule has 0 spiro atoms. The highest BCUT2D eigenvalue weighted by atomic mass is 32.2. The number of nitrogens with one attached hydrogen (secondary N) is 1. The van der Waals surface area contributed by atoms with Crippen molar-refractivity contribution >= 4 is 10.0 Å². The van der Waals surface area contributed by atoms with Crippen molar-refractivity contribution in [3.63, 3.8) is 0 Å². The standard InChI is InChI=1S/C20H20F5NO2S/c21-19(22,20(23,24)25)18(15-6-2-1-3-7-15)26-29(27,28)11-10-14-12-16-8-4-5-9-17(16)13-14/h1-9,14,18,26H,10-13H2. The molecule has 2 aromatic carbocycles.